The summed E-state index contributed by atoms with van der Waals surface area (Å²) >= 11 is 20.0. The molecule has 1 amide bonds. The van der Waals surface area contributed by atoms with Gasteiger partial charge in [-0.1, -0.05) is 39.1 Å². The number of hydrogen-bond donors (Lipinski definition) is 3. The van der Waals surface area contributed by atoms with E-state index in [-0.39, 0.29) is 27.5 Å². The Morgan fingerprint density at radius 2 is 1.79 bits per heavy atom. The highest BCUT2D eigenvalue weighted by atomic mass is 79.9. The Kier molecular flexibility index (Phi) is 6.68. The highest BCUT2D eigenvalue weighted by molar-refractivity contribution is 9.10. The molecule has 0 saturated carbocycles. The number of benzene rings is 2. The Hall–Kier alpha value is -1.54. The second-order valence-electron chi connectivity index (χ2n) is 4.53. The lowest BCUT2D eigenvalue weighted by Gasteiger charge is -2.11. The molecule has 0 fully saturated rings. The second kappa shape index (κ2) is 8.53. The van der Waals surface area contributed by atoms with Crippen LogP contribution in [-0.4, -0.2) is 22.7 Å². The van der Waals surface area contributed by atoms with Gasteiger partial charge in [0.15, 0.2) is 17.5 Å². The van der Waals surface area contributed by atoms with Crippen LogP contribution in [0.15, 0.2) is 40.9 Å². The highest BCUT2D eigenvalue weighted by Gasteiger charge is 2.10. The van der Waals surface area contributed by atoms with Crippen LogP contribution in [0.25, 0.3) is 0 Å². The minimum Gasteiger partial charge on any atom is -0.505 e. The normalized spacial score (nSPS) is 10.1. The standard InChI is InChI=1S/C15H11BrCl2N2O3S/c16-8-1-3-10(4-2-8)23-7-13(21)20-15(24)19-9-5-11(17)14(22)12(18)6-9/h1-6,22H,7H2,(H2,19,20,21,24). The van der Waals surface area contributed by atoms with Crippen molar-refractivity contribution >= 4 is 68.1 Å². The van der Waals surface area contributed by atoms with E-state index in [9.17, 15) is 9.90 Å². The van der Waals surface area contributed by atoms with Crippen LogP contribution in [0, 0.1) is 0 Å². The first-order chi connectivity index (χ1) is 11.3. The van der Waals surface area contributed by atoms with Gasteiger partial charge >= 0.3 is 0 Å². The predicted molar refractivity (Wildman–Crippen MR) is 102 cm³/mol. The summed E-state index contributed by atoms with van der Waals surface area (Å²) in [5.41, 5.74) is 0.432. The minimum absolute atomic E-state index is 0.0530. The van der Waals surface area contributed by atoms with E-state index in [0.717, 1.165) is 4.47 Å². The molecule has 0 spiro atoms. The summed E-state index contributed by atoms with van der Waals surface area (Å²) in [6.07, 6.45) is 0. The highest BCUT2D eigenvalue weighted by Crippen LogP contribution is 2.34. The molecule has 5 nitrogen and oxygen atoms in total. The fraction of sp³-hybridized carbons (Fsp3) is 0.0667. The van der Waals surface area contributed by atoms with Gasteiger partial charge in [0.2, 0.25) is 0 Å². The van der Waals surface area contributed by atoms with E-state index >= 15 is 0 Å². The van der Waals surface area contributed by atoms with Gasteiger partial charge < -0.3 is 15.2 Å². The lowest BCUT2D eigenvalue weighted by Crippen LogP contribution is -2.37. The number of amides is 1. The maximum Gasteiger partial charge on any atom is 0.264 e. The number of hydrogen-bond acceptors (Lipinski definition) is 4. The quantitative estimate of drug-likeness (QED) is 0.478. The van der Waals surface area contributed by atoms with Crippen LogP contribution < -0.4 is 15.4 Å². The lowest BCUT2D eigenvalue weighted by molar-refractivity contribution is -0.121. The molecule has 0 atom stereocenters. The van der Waals surface area contributed by atoms with Crippen molar-refractivity contribution in [2.75, 3.05) is 11.9 Å². The summed E-state index contributed by atoms with van der Waals surface area (Å²) < 4.78 is 6.25. The van der Waals surface area contributed by atoms with Crippen molar-refractivity contribution < 1.29 is 14.6 Å². The molecular weight excluding hydrogens is 439 g/mol. The van der Waals surface area contributed by atoms with E-state index < -0.39 is 5.91 Å². The van der Waals surface area contributed by atoms with Crippen LogP contribution in [-0.2, 0) is 4.79 Å². The van der Waals surface area contributed by atoms with E-state index in [4.69, 9.17) is 40.2 Å². The zero-order valence-electron chi connectivity index (χ0n) is 12.0. The lowest BCUT2D eigenvalue weighted by atomic mass is 10.3. The molecule has 0 aromatic heterocycles. The summed E-state index contributed by atoms with van der Waals surface area (Å²) in [7, 11) is 0. The molecule has 9 heteroatoms. The number of anilines is 1. The van der Waals surface area contributed by atoms with Crippen LogP contribution >= 0.6 is 51.3 Å². The van der Waals surface area contributed by atoms with Gasteiger partial charge in [-0.05, 0) is 48.6 Å². The third-order valence-electron chi connectivity index (χ3n) is 2.71. The number of nitrogens with one attached hydrogen (secondary N) is 2. The molecule has 3 N–H and O–H groups in total. The molecule has 2 rings (SSSR count). The van der Waals surface area contributed by atoms with E-state index in [1.807, 2.05) is 0 Å². The van der Waals surface area contributed by atoms with Crippen LogP contribution in [0.1, 0.15) is 0 Å². The topological polar surface area (TPSA) is 70.6 Å². The van der Waals surface area contributed by atoms with Gasteiger partial charge in [-0.3, -0.25) is 10.1 Å². The molecule has 0 radical (unpaired) electrons. The maximum atomic E-state index is 11.8. The Morgan fingerprint density at radius 1 is 1.21 bits per heavy atom. The number of ether oxygens (including phenoxy) is 1. The van der Waals surface area contributed by atoms with Crippen molar-refractivity contribution in [3.63, 3.8) is 0 Å². The Balaban J connectivity index is 1.85. The second-order valence-corrected chi connectivity index (χ2v) is 6.67. The predicted octanol–water partition coefficient (Wildman–Crippen LogP) is 4.35. The number of carbonyl (C=O) groups is 1. The molecular formula is C15H11BrCl2N2O3S. The van der Waals surface area contributed by atoms with E-state index in [1.165, 1.54) is 12.1 Å². The third kappa shape index (κ3) is 5.52. The van der Waals surface area contributed by atoms with Gasteiger partial charge in [-0.15, -0.1) is 0 Å². The van der Waals surface area contributed by atoms with Gasteiger partial charge in [-0.2, -0.15) is 0 Å². The smallest absolute Gasteiger partial charge is 0.264 e. The Morgan fingerprint density at radius 3 is 2.38 bits per heavy atom. The van der Waals surface area contributed by atoms with Crippen molar-refractivity contribution in [2.24, 2.45) is 0 Å². The first-order valence-electron chi connectivity index (χ1n) is 6.52. The molecule has 0 bridgehead atoms. The van der Waals surface area contributed by atoms with Gasteiger partial charge in [-0.25, -0.2) is 0 Å². The Labute approximate surface area is 162 Å². The van der Waals surface area contributed by atoms with E-state index in [0.29, 0.717) is 11.4 Å². The SMILES string of the molecule is O=C(COc1ccc(Br)cc1)NC(=S)Nc1cc(Cl)c(O)c(Cl)c1. The zero-order valence-corrected chi connectivity index (χ0v) is 15.9. The van der Waals surface area contributed by atoms with Gasteiger partial charge in [0, 0.05) is 10.2 Å². The van der Waals surface area contributed by atoms with Gasteiger partial charge in [0.1, 0.15) is 5.75 Å². The van der Waals surface area contributed by atoms with E-state index in [2.05, 4.69) is 26.6 Å². The molecule has 24 heavy (non-hydrogen) atoms. The molecule has 0 unspecified atom stereocenters. The molecule has 0 aliphatic carbocycles. The van der Waals surface area contributed by atoms with Gasteiger partial charge in [0.05, 0.1) is 10.0 Å². The largest absolute Gasteiger partial charge is 0.505 e. The molecule has 126 valence electrons. The van der Waals surface area contributed by atoms with Crippen molar-refractivity contribution in [2.45, 2.75) is 0 Å². The number of carbonyl (C=O) groups excluding carboxylic acids is 1. The minimum atomic E-state index is -0.425. The number of phenols is 1. The number of thiocarbonyl (C=S) groups is 1. The van der Waals surface area contributed by atoms with Crippen LogP contribution in [0.4, 0.5) is 5.69 Å². The number of rotatable bonds is 4. The average molecular weight is 450 g/mol. The molecule has 2 aromatic rings. The average Bonchev–Trinajstić information content (AvgIpc) is 2.52. The molecule has 0 aliphatic rings. The van der Waals surface area contributed by atoms with Crippen molar-refractivity contribution in [3.8, 4) is 11.5 Å². The van der Waals surface area contributed by atoms with Crippen molar-refractivity contribution in [1.82, 2.24) is 5.32 Å². The molecule has 0 heterocycles. The molecule has 0 saturated heterocycles. The first kappa shape index (κ1) is 18.8. The number of aromatic hydroxyl groups is 1. The summed E-state index contributed by atoms with van der Waals surface area (Å²) in [4.78, 5) is 11.8. The number of phenolic OH excluding ortho intramolecular Hbond substituents is 1. The molecule has 0 aliphatic heterocycles. The van der Waals surface area contributed by atoms with Gasteiger partial charge in [0.25, 0.3) is 5.91 Å². The zero-order chi connectivity index (χ0) is 17.7. The first-order valence-corrected chi connectivity index (χ1v) is 8.48. The van der Waals surface area contributed by atoms with Crippen molar-refractivity contribution in [1.29, 1.82) is 0 Å². The Bertz CT molecular complexity index is 749. The summed E-state index contributed by atoms with van der Waals surface area (Å²) in [6.45, 7) is -0.194. The number of halogens is 3. The maximum absolute atomic E-state index is 11.8. The monoisotopic (exact) mass is 448 g/mol. The van der Waals surface area contributed by atoms with E-state index in [1.54, 1.807) is 24.3 Å². The van der Waals surface area contributed by atoms with Crippen LogP contribution in [0.3, 0.4) is 0 Å². The van der Waals surface area contributed by atoms with Crippen LogP contribution in [0.2, 0.25) is 10.0 Å². The third-order valence-corrected chi connectivity index (χ3v) is 4.02. The molecule has 2 aromatic carbocycles. The summed E-state index contributed by atoms with van der Waals surface area (Å²) in [5.74, 6) is -0.0857. The summed E-state index contributed by atoms with van der Waals surface area (Å²) in [6, 6.07) is 9.93. The fourth-order valence-electron chi connectivity index (χ4n) is 1.64. The summed E-state index contributed by atoms with van der Waals surface area (Å²) in [5, 5.41) is 14.9. The fourth-order valence-corrected chi connectivity index (χ4v) is 2.63. The van der Waals surface area contributed by atoms with Crippen molar-refractivity contribution in [3.05, 3.63) is 50.9 Å². The van der Waals surface area contributed by atoms with Crippen LogP contribution in [0.5, 0.6) is 11.5 Å².